The van der Waals surface area contributed by atoms with Gasteiger partial charge in [-0.25, -0.2) is 13.3 Å². The van der Waals surface area contributed by atoms with Crippen LogP contribution in [0.1, 0.15) is 21.6 Å². The molecule has 1 amide bonds. The van der Waals surface area contributed by atoms with Gasteiger partial charge in [0, 0.05) is 31.0 Å². The lowest BCUT2D eigenvalue weighted by Gasteiger charge is -2.08. The van der Waals surface area contributed by atoms with Gasteiger partial charge in [-0.2, -0.15) is 5.26 Å². The molecular weight excluding hydrogens is 331 g/mol. The maximum atomic E-state index is 13.4. The number of aryl methyl sites for hydroxylation is 1. The Morgan fingerprint density at radius 1 is 1.50 bits per heavy atom. The number of nitriles is 1. The normalized spacial score (nSPS) is 16.1. The molecule has 2 aromatic rings. The number of carbonyl (C=O) groups excluding carboxylic acids is 1. The third-order valence-corrected chi connectivity index (χ3v) is 4.71. The average Bonchev–Trinajstić information content (AvgIpc) is 2.79. The van der Waals surface area contributed by atoms with Crippen molar-refractivity contribution in [2.45, 2.75) is 4.90 Å². The predicted molar refractivity (Wildman–Crippen MR) is 87.9 cm³/mol. The van der Waals surface area contributed by atoms with Crippen LogP contribution in [0.25, 0.3) is 6.08 Å². The first-order valence-corrected chi connectivity index (χ1v) is 8.18. The van der Waals surface area contributed by atoms with E-state index in [2.05, 4.69) is 10.0 Å². The fourth-order valence-corrected chi connectivity index (χ4v) is 3.49. The van der Waals surface area contributed by atoms with E-state index in [1.54, 1.807) is 36.0 Å². The first-order valence-electron chi connectivity index (χ1n) is 7.03. The Morgan fingerprint density at radius 2 is 2.29 bits per heavy atom. The van der Waals surface area contributed by atoms with Crippen LogP contribution in [-0.2, 0) is 18.0 Å². The minimum absolute atomic E-state index is 0.149. The molecule has 1 aliphatic rings. The first kappa shape index (κ1) is 16.1. The van der Waals surface area contributed by atoms with E-state index in [-0.39, 0.29) is 5.56 Å². The number of amides is 1. The van der Waals surface area contributed by atoms with Crippen LogP contribution >= 0.6 is 0 Å². The number of hydrogen-bond acceptors (Lipinski definition) is 3. The number of fused-ring (bicyclic) bond motifs is 1. The Kier molecular flexibility index (Phi) is 4.29. The number of halogens is 1. The molecule has 8 heteroatoms. The molecule has 0 radical (unpaired) electrons. The second-order valence-electron chi connectivity index (χ2n) is 5.15. The lowest BCUT2D eigenvalue weighted by Crippen LogP contribution is -2.17. The summed E-state index contributed by atoms with van der Waals surface area (Å²) in [6.07, 6.45) is 5.16. The molecular formula is C16H13FN4O2S. The number of nitrogens with zero attached hydrogens (tertiary/aromatic N) is 2. The van der Waals surface area contributed by atoms with Crippen molar-refractivity contribution in [2.24, 2.45) is 7.05 Å². The minimum Gasteiger partial charge on any atom is -0.345 e. The van der Waals surface area contributed by atoms with Crippen molar-refractivity contribution >= 4 is 28.7 Å². The fourth-order valence-electron chi connectivity index (χ4n) is 2.47. The molecule has 1 unspecified atom stereocenters. The summed E-state index contributed by atoms with van der Waals surface area (Å²) in [5, 5.41) is 11.5. The molecule has 0 fully saturated rings. The van der Waals surface area contributed by atoms with Crippen molar-refractivity contribution in [3.8, 4) is 6.07 Å². The second kappa shape index (κ2) is 6.39. The molecule has 0 aliphatic carbocycles. The summed E-state index contributed by atoms with van der Waals surface area (Å²) < 4.78 is 29.9. The van der Waals surface area contributed by atoms with Crippen LogP contribution in [0.3, 0.4) is 0 Å². The van der Waals surface area contributed by atoms with Gasteiger partial charge in [0.2, 0.25) is 0 Å². The number of hydrogen-bond donors (Lipinski definition) is 2. The lowest BCUT2D eigenvalue weighted by molar-refractivity contribution is 0.101. The van der Waals surface area contributed by atoms with Gasteiger partial charge in [0.15, 0.2) is 0 Å². The fraction of sp³-hybridized carbons (Fsp3) is 0.125. The van der Waals surface area contributed by atoms with Gasteiger partial charge in [-0.3, -0.25) is 4.79 Å². The molecule has 2 N–H and O–H groups in total. The van der Waals surface area contributed by atoms with Crippen LogP contribution in [0.2, 0.25) is 0 Å². The maximum absolute atomic E-state index is 13.4. The van der Waals surface area contributed by atoms with E-state index in [1.165, 1.54) is 12.1 Å². The largest absolute Gasteiger partial charge is 0.345 e. The number of carbonyl (C=O) groups is 1. The average molecular weight is 344 g/mol. The zero-order chi connectivity index (χ0) is 17.3. The van der Waals surface area contributed by atoms with Crippen LogP contribution in [0.15, 0.2) is 35.4 Å². The predicted octanol–water partition coefficient (Wildman–Crippen LogP) is 1.93. The standard InChI is InChI=1S/C16H13FN4O2S/c1-21-9-14-12(3-2-6-19-24(14)23)15(21)16(22)20-11-4-5-13(17)10(7-11)8-18/h2-5,7,9,19H,6H2,1H3,(H,20,22). The molecule has 0 saturated carbocycles. The molecule has 6 nitrogen and oxygen atoms in total. The Balaban J connectivity index is 1.97. The summed E-state index contributed by atoms with van der Waals surface area (Å²) in [5.74, 6) is -1.08. The molecule has 2 heterocycles. The molecule has 1 atom stereocenters. The molecule has 0 saturated heterocycles. The van der Waals surface area contributed by atoms with Crippen LogP contribution in [0.5, 0.6) is 0 Å². The number of aromatic nitrogens is 1. The number of benzene rings is 1. The highest BCUT2D eigenvalue weighted by Gasteiger charge is 2.23. The first-order chi connectivity index (χ1) is 11.5. The molecule has 3 rings (SSSR count). The smallest absolute Gasteiger partial charge is 0.272 e. The van der Waals surface area contributed by atoms with Crippen molar-refractivity contribution in [3.63, 3.8) is 0 Å². The highest BCUT2D eigenvalue weighted by Crippen LogP contribution is 2.24. The second-order valence-corrected chi connectivity index (χ2v) is 6.41. The van der Waals surface area contributed by atoms with Crippen LogP contribution in [0, 0.1) is 17.1 Å². The molecule has 1 aromatic heterocycles. The van der Waals surface area contributed by atoms with Crippen molar-refractivity contribution < 1.29 is 13.4 Å². The zero-order valence-electron chi connectivity index (χ0n) is 12.7. The van der Waals surface area contributed by atoms with E-state index in [1.807, 2.05) is 0 Å². The minimum atomic E-state index is -1.40. The van der Waals surface area contributed by atoms with Crippen LogP contribution in [-0.4, -0.2) is 21.2 Å². The van der Waals surface area contributed by atoms with Gasteiger partial charge in [-0.1, -0.05) is 12.2 Å². The zero-order valence-corrected chi connectivity index (χ0v) is 13.5. The van der Waals surface area contributed by atoms with E-state index in [9.17, 15) is 13.4 Å². The number of nitrogens with one attached hydrogen (secondary N) is 2. The number of rotatable bonds is 2. The Hall–Kier alpha value is -2.76. The van der Waals surface area contributed by atoms with Gasteiger partial charge < -0.3 is 9.88 Å². The molecule has 0 spiro atoms. The monoisotopic (exact) mass is 344 g/mol. The molecule has 1 aliphatic heterocycles. The highest BCUT2D eigenvalue weighted by molar-refractivity contribution is 7.83. The number of anilines is 1. The lowest BCUT2D eigenvalue weighted by atomic mass is 10.2. The maximum Gasteiger partial charge on any atom is 0.272 e. The summed E-state index contributed by atoms with van der Waals surface area (Å²) in [7, 11) is 0.281. The van der Waals surface area contributed by atoms with E-state index in [0.717, 1.165) is 6.07 Å². The van der Waals surface area contributed by atoms with E-state index in [4.69, 9.17) is 5.26 Å². The Morgan fingerprint density at radius 3 is 3.04 bits per heavy atom. The summed E-state index contributed by atoms with van der Waals surface area (Å²) in [6, 6.07) is 5.50. The van der Waals surface area contributed by atoms with Gasteiger partial charge in [0.05, 0.1) is 10.5 Å². The van der Waals surface area contributed by atoms with Crippen molar-refractivity contribution in [1.82, 2.24) is 9.29 Å². The summed E-state index contributed by atoms with van der Waals surface area (Å²) in [4.78, 5) is 13.1. The third kappa shape index (κ3) is 2.87. The molecule has 24 heavy (non-hydrogen) atoms. The molecule has 1 aromatic carbocycles. The van der Waals surface area contributed by atoms with Crippen molar-refractivity contribution in [1.29, 1.82) is 5.26 Å². The van der Waals surface area contributed by atoms with E-state index >= 15 is 0 Å². The van der Waals surface area contributed by atoms with E-state index < -0.39 is 22.7 Å². The Labute approximate surface area is 140 Å². The van der Waals surface area contributed by atoms with Gasteiger partial charge in [0.25, 0.3) is 5.91 Å². The quantitative estimate of drug-likeness (QED) is 0.873. The molecule has 0 bridgehead atoms. The van der Waals surface area contributed by atoms with Gasteiger partial charge in [0.1, 0.15) is 28.6 Å². The van der Waals surface area contributed by atoms with Gasteiger partial charge in [-0.15, -0.1) is 0 Å². The van der Waals surface area contributed by atoms with Gasteiger partial charge in [-0.05, 0) is 18.2 Å². The summed E-state index contributed by atoms with van der Waals surface area (Å²) in [5.41, 5.74) is 1.07. The topological polar surface area (TPSA) is 86.9 Å². The third-order valence-electron chi connectivity index (χ3n) is 3.56. The Bertz CT molecular complexity index is 927. The highest BCUT2D eigenvalue weighted by atomic mass is 32.2. The van der Waals surface area contributed by atoms with Crippen molar-refractivity contribution in [3.05, 3.63) is 53.1 Å². The SMILES string of the molecule is Cn1cc2c(c1C(=O)Nc1ccc(F)c(C#N)c1)C=CCNS2=O. The van der Waals surface area contributed by atoms with Crippen LogP contribution in [0.4, 0.5) is 10.1 Å². The van der Waals surface area contributed by atoms with Crippen LogP contribution < -0.4 is 10.0 Å². The van der Waals surface area contributed by atoms with E-state index in [0.29, 0.717) is 28.4 Å². The summed E-state index contributed by atoms with van der Waals surface area (Å²) in [6.45, 7) is 0.440. The van der Waals surface area contributed by atoms with Gasteiger partial charge >= 0.3 is 0 Å². The summed E-state index contributed by atoms with van der Waals surface area (Å²) >= 11 is 0. The molecule has 122 valence electrons. The van der Waals surface area contributed by atoms with Crippen molar-refractivity contribution in [2.75, 3.05) is 11.9 Å².